The first-order chi connectivity index (χ1) is 16.7. The van der Waals surface area contributed by atoms with Gasteiger partial charge in [-0.25, -0.2) is 8.42 Å². The van der Waals surface area contributed by atoms with Gasteiger partial charge in [0.25, 0.3) is 15.9 Å². The molecule has 0 saturated carbocycles. The summed E-state index contributed by atoms with van der Waals surface area (Å²) < 4.78 is 39.1. The monoisotopic (exact) mass is 497 g/mol. The fourth-order valence-corrected chi connectivity index (χ4v) is 4.30. The van der Waals surface area contributed by atoms with Crippen molar-refractivity contribution in [3.05, 3.63) is 83.4 Å². The minimum Gasteiger partial charge on any atom is -0.497 e. The van der Waals surface area contributed by atoms with Crippen molar-refractivity contribution in [2.45, 2.75) is 18.4 Å². The number of anilines is 1. The van der Waals surface area contributed by atoms with E-state index in [1.54, 1.807) is 37.3 Å². The first kappa shape index (κ1) is 26.1. The van der Waals surface area contributed by atoms with Gasteiger partial charge in [0.15, 0.2) is 0 Å². The largest absolute Gasteiger partial charge is 0.497 e. The number of hydrogen-bond acceptors (Lipinski definition) is 6. The highest BCUT2D eigenvalue weighted by atomic mass is 32.2. The molecular weight excluding hydrogens is 466 g/mol. The van der Waals surface area contributed by atoms with Gasteiger partial charge in [0.2, 0.25) is 0 Å². The van der Waals surface area contributed by atoms with Crippen molar-refractivity contribution in [1.82, 2.24) is 10.2 Å². The van der Waals surface area contributed by atoms with Crippen molar-refractivity contribution >= 4 is 21.6 Å². The molecule has 9 heteroatoms. The van der Waals surface area contributed by atoms with E-state index in [-0.39, 0.29) is 10.8 Å². The van der Waals surface area contributed by atoms with Gasteiger partial charge in [0.05, 0.1) is 12.0 Å². The first-order valence-corrected chi connectivity index (χ1v) is 12.6. The van der Waals surface area contributed by atoms with E-state index in [0.717, 1.165) is 17.9 Å². The minimum absolute atomic E-state index is 0.00305. The number of methoxy groups -OCH3 is 1. The summed E-state index contributed by atoms with van der Waals surface area (Å²) >= 11 is 0. The molecule has 0 spiro atoms. The van der Waals surface area contributed by atoms with Crippen LogP contribution < -0.4 is 19.5 Å². The Hall–Kier alpha value is -3.56. The Labute approximate surface area is 206 Å². The fourth-order valence-electron chi connectivity index (χ4n) is 3.21. The minimum atomic E-state index is -3.88. The number of amides is 1. The third-order valence-electron chi connectivity index (χ3n) is 5.29. The molecule has 0 radical (unpaired) electrons. The highest BCUT2D eigenvalue weighted by Gasteiger charge is 2.18. The maximum absolute atomic E-state index is 12.9. The second-order valence-corrected chi connectivity index (χ2v) is 9.97. The molecule has 0 fully saturated rings. The Morgan fingerprint density at radius 3 is 2.23 bits per heavy atom. The predicted molar refractivity (Wildman–Crippen MR) is 137 cm³/mol. The molecule has 0 aliphatic carbocycles. The van der Waals surface area contributed by atoms with E-state index in [0.29, 0.717) is 35.7 Å². The maximum Gasteiger partial charge on any atom is 0.261 e. The SMILES string of the molecule is COc1ccc(NS(=O)(=O)c2ccc(C)c(C(=O)NCc3ccc(OCCN(C)C)cc3)c2)cc1. The number of carbonyl (C=O) groups excluding carboxylic acids is 1. The van der Waals surface area contributed by atoms with Crippen LogP contribution in [0.25, 0.3) is 0 Å². The average molecular weight is 498 g/mol. The lowest BCUT2D eigenvalue weighted by atomic mass is 10.1. The van der Waals surface area contributed by atoms with E-state index in [1.165, 1.54) is 19.2 Å². The molecule has 186 valence electrons. The van der Waals surface area contributed by atoms with E-state index in [9.17, 15) is 13.2 Å². The molecule has 1 amide bonds. The molecule has 3 aromatic rings. The van der Waals surface area contributed by atoms with Crippen molar-refractivity contribution in [2.75, 3.05) is 39.1 Å². The van der Waals surface area contributed by atoms with E-state index in [2.05, 4.69) is 10.0 Å². The summed E-state index contributed by atoms with van der Waals surface area (Å²) in [6, 6.07) is 18.5. The average Bonchev–Trinajstić information content (AvgIpc) is 2.83. The number of nitrogens with one attached hydrogen (secondary N) is 2. The zero-order valence-corrected chi connectivity index (χ0v) is 21.2. The zero-order valence-electron chi connectivity index (χ0n) is 20.4. The lowest BCUT2D eigenvalue weighted by molar-refractivity contribution is 0.0950. The van der Waals surface area contributed by atoms with Gasteiger partial charge >= 0.3 is 0 Å². The summed E-state index contributed by atoms with van der Waals surface area (Å²) in [6.07, 6.45) is 0. The molecule has 35 heavy (non-hydrogen) atoms. The topological polar surface area (TPSA) is 97.0 Å². The molecule has 0 saturated heterocycles. The molecular formula is C26H31N3O5S. The summed E-state index contributed by atoms with van der Waals surface area (Å²) in [6.45, 7) is 3.48. The number of rotatable bonds is 11. The third kappa shape index (κ3) is 7.46. The molecule has 0 unspecified atom stereocenters. The van der Waals surface area contributed by atoms with Crippen molar-refractivity contribution in [3.63, 3.8) is 0 Å². The summed E-state index contributed by atoms with van der Waals surface area (Å²) in [4.78, 5) is 14.9. The van der Waals surface area contributed by atoms with Crippen LogP contribution >= 0.6 is 0 Å². The Balaban J connectivity index is 1.64. The number of hydrogen-bond donors (Lipinski definition) is 2. The van der Waals surface area contributed by atoms with Crippen molar-refractivity contribution in [3.8, 4) is 11.5 Å². The van der Waals surface area contributed by atoms with E-state index in [4.69, 9.17) is 9.47 Å². The number of benzene rings is 3. The van der Waals surface area contributed by atoms with Crippen molar-refractivity contribution in [2.24, 2.45) is 0 Å². The van der Waals surface area contributed by atoms with Gasteiger partial charge in [-0.3, -0.25) is 9.52 Å². The number of nitrogens with zero attached hydrogens (tertiary/aromatic N) is 1. The van der Waals surface area contributed by atoms with Crippen LogP contribution in [0.15, 0.2) is 71.6 Å². The molecule has 0 heterocycles. The standard InChI is InChI=1S/C26H31N3O5S/c1-19-5-14-24(35(31,32)28-21-8-12-22(33-4)13-9-21)17-25(19)26(30)27-18-20-6-10-23(11-7-20)34-16-15-29(2)3/h5-14,17,28H,15-16,18H2,1-4H3,(H,27,30). The number of carbonyl (C=O) groups is 1. The Bertz CT molecular complexity index is 1240. The molecule has 3 aromatic carbocycles. The van der Waals surface area contributed by atoms with Gasteiger partial charge in [0.1, 0.15) is 18.1 Å². The number of aryl methyl sites for hydroxylation is 1. The zero-order chi connectivity index (χ0) is 25.4. The molecule has 2 N–H and O–H groups in total. The van der Waals surface area contributed by atoms with Gasteiger partial charge in [-0.15, -0.1) is 0 Å². The number of ether oxygens (including phenoxy) is 2. The highest BCUT2D eigenvalue weighted by molar-refractivity contribution is 7.92. The fraction of sp³-hybridized carbons (Fsp3) is 0.269. The molecule has 0 aromatic heterocycles. The molecule has 8 nitrogen and oxygen atoms in total. The van der Waals surface area contributed by atoms with Gasteiger partial charge in [-0.1, -0.05) is 18.2 Å². The highest BCUT2D eigenvalue weighted by Crippen LogP contribution is 2.21. The van der Waals surface area contributed by atoms with Crippen LogP contribution in [0.2, 0.25) is 0 Å². The van der Waals surface area contributed by atoms with Gasteiger partial charge in [-0.05, 0) is 80.7 Å². The van der Waals surface area contributed by atoms with Crippen molar-refractivity contribution in [1.29, 1.82) is 0 Å². The molecule has 0 bridgehead atoms. The van der Waals surface area contributed by atoms with Crippen LogP contribution in [0.3, 0.4) is 0 Å². The molecule has 0 aliphatic rings. The Kier molecular flexibility index (Phi) is 8.73. The Morgan fingerprint density at radius 2 is 1.60 bits per heavy atom. The smallest absolute Gasteiger partial charge is 0.261 e. The van der Waals surface area contributed by atoms with Crippen LogP contribution in [0.4, 0.5) is 5.69 Å². The van der Waals surface area contributed by atoms with Crippen LogP contribution in [-0.2, 0) is 16.6 Å². The van der Waals surface area contributed by atoms with Crippen LogP contribution in [0.1, 0.15) is 21.5 Å². The van der Waals surface area contributed by atoms with Gasteiger partial charge < -0.3 is 19.7 Å². The lowest BCUT2D eigenvalue weighted by Crippen LogP contribution is -2.24. The summed E-state index contributed by atoms with van der Waals surface area (Å²) in [5, 5.41) is 2.86. The van der Waals surface area contributed by atoms with Gasteiger partial charge in [-0.2, -0.15) is 0 Å². The second kappa shape index (κ2) is 11.7. The van der Waals surface area contributed by atoms with Crippen molar-refractivity contribution < 1.29 is 22.7 Å². The first-order valence-electron chi connectivity index (χ1n) is 11.1. The van der Waals surface area contributed by atoms with Crippen LogP contribution in [0, 0.1) is 6.92 Å². The summed E-state index contributed by atoms with van der Waals surface area (Å²) in [5.41, 5.74) is 2.27. The summed E-state index contributed by atoms with van der Waals surface area (Å²) in [7, 11) is 1.63. The molecule has 0 aliphatic heterocycles. The molecule has 0 atom stereocenters. The number of sulfonamides is 1. The van der Waals surface area contributed by atoms with Crippen LogP contribution in [-0.4, -0.2) is 53.6 Å². The van der Waals surface area contributed by atoms with E-state index in [1.807, 2.05) is 43.3 Å². The number of likely N-dealkylation sites (N-methyl/N-ethyl adjacent to an activating group) is 1. The lowest BCUT2D eigenvalue weighted by Gasteiger charge is -2.13. The predicted octanol–water partition coefficient (Wildman–Crippen LogP) is 3.67. The van der Waals surface area contributed by atoms with Crippen LogP contribution in [0.5, 0.6) is 11.5 Å². The molecule has 3 rings (SSSR count). The normalized spacial score (nSPS) is 11.2. The maximum atomic E-state index is 12.9. The summed E-state index contributed by atoms with van der Waals surface area (Å²) in [5.74, 6) is 1.03. The second-order valence-electron chi connectivity index (χ2n) is 8.29. The Morgan fingerprint density at radius 1 is 0.943 bits per heavy atom. The quantitative estimate of drug-likeness (QED) is 0.420. The van der Waals surface area contributed by atoms with Gasteiger partial charge in [0, 0.05) is 24.3 Å². The van der Waals surface area contributed by atoms with E-state index < -0.39 is 10.0 Å². The third-order valence-corrected chi connectivity index (χ3v) is 6.67. The van der Waals surface area contributed by atoms with E-state index >= 15 is 0 Å².